The van der Waals surface area contributed by atoms with Crippen molar-refractivity contribution in [2.24, 2.45) is 0 Å². The molecule has 0 bridgehead atoms. The summed E-state index contributed by atoms with van der Waals surface area (Å²) >= 11 is 1.54. The monoisotopic (exact) mass is 397 g/mol. The zero-order chi connectivity index (χ0) is 19.8. The van der Waals surface area contributed by atoms with Crippen molar-refractivity contribution in [2.45, 2.75) is 58.0 Å². The van der Waals surface area contributed by atoms with Crippen LogP contribution >= 0.6 is 11.3 Å². The zero-order valence-electron chi connectivity index (χ0n) is 16.0. The van der Waals surface area contributed by atoms with Crippen LogP contribution in [0.3, 0.4) is 0 Å². The Labute approximate surface area is 168 Å². The summed E-state index contributed by atoms with van der Waals surface area (Å²) < 4.78 is 0. The highest BCUT2D eigenvalue weighted by Gasteiger charge is 2.40. The number of carbonyl (C=O) groups is 3. The Morgan fingerprint density at radius 1 is 1.18 bits per heavy atom. The molecule has 1 fully saturated rings. The molecule has 0 saturated heterocycles. The van der Waals surface area contributed by atoms with Gasteiger partial charge in [0.15, 0.2) is 0 Å². The first-order chi connectivity index (χ1) is 13.5. The van der Waals surface area contributed by atoms with E-state index >= 15 is 0 Å². The number of aryl methyl sites for hydroxylation is 1. The van der Waals surface area contributed by atoms with Crippen LogP contribution in [0.25, 0.3) is 0 Å². The van der Waals surface area contributed by atoms with Crippen LogP contribution in [-0.4, -0.2) is 33.6 Å². The average molecular weight is 398 g/mol. The van der Waals surface area contributed by atoms with E-state index in [1.807, 2.05) is 19.2 Å². The van der Waals surface area contributed by atoms with E-state index in [0.717, 1.165) is 42.8 Å². The molecule has 0 spiro atoms. The van der Waals surface area contributed by atoms with Gasteiger partial charge in [0.1, 0.15) is 0 Å². The summed E-state index contributed by atoms with van der Waals surface area (Å²) in [5, 5.41) is 5.78. The van der Waals surface area contributed by atoms with Crippen molar-refractivity contribution < 1.29 is 14.4 Å². The van der Waals surface area contributed by atoms with Gasteiger partial charge in [0.25, 0.3) is 17.7 Å². The van der Waals surface area contributed by atoms with Crippen LogP contribution in [0.1, 0.15) is 86.8 Å². The molecule has 2 aromatic rings. The third-order valence-electron chi connectivity index (χ3n) is 5.55. The Morgan fingerprint density at radius 2 is 1.89 bits per heavy atom. The second-order valence-electron chi connectivity index (χ2n) is 7.52. The highest BCUT2D eigenvalue weighted by atomic mass is 32.1. The molecule has 1 aromatic carbocycles. The number of aromatic nitrogens is 1. The molecule has 146 valence electrons. The Balaban J connectivity index is 1.53. The van der Waals surface area contributed by atoms with E-state index in [1.165, 1.54) is 16.2 Å². The number of rotatable bonds is 4. The third kappa shape index (κ3) is 3.35. The molecule has 0 radical (unpaired) electrons. The molecule has 1 aliphatic heterocycles. The van der Waals surface area contributed by atoms with Gasteiger partial charge in [0.2, 0.25) is 0 Å². The third-order valence-corrected chi connectivity index (χ3v) is 6.34. The van der Waals surface area contributed by atoms with Crippen molar-refractivity contribution >= 4 is 29.1 Å². The van der Waals surface area contributed by atoms with Crippen LogP contribution in [-0.2, 0) is 0 Å². The van der Waals surface area contributed by atoms with Crippen molar-refractivity contribution in [3.63, 3.8) is 0 Å². The molecular weight excluding hydrogens is 374 g/mol. The quantitative estimate of drug-likeness (QED) is 0.794. The van der Waals surface area contributed by atoms with E-state index < -0.39 is 0 Å². The summed E-state index contributed by atoms with van der Waals surface area (Å²) in [6.45, 7) is 3.79. The first kappa shape index (κ1) is 18.8. The number of thiazole rings is 1. The standard InChI is InChI=1S/C21H23N3O3S/c1-12(18-11-28-13(2)23-18)22-19(25)14-8-9-16-17(10-14)21(27)24(20(16)26)15-6-4-3-5-7-15/h8-12,15H,3-7H2,1-2H3,(H,22,25). The Morgan fingerprint density at radius 3 is 2.57 bits per heavy atom. The minimum Gasteiger partial charge on any atom is -0.344 e. The Kier molecular flexibility index (Phi) is 5.02. The number of benzene rings is 1. The molecule has 7 heteroatoms. The van der Waals surface area contributed by atoms with Crippen LogP contribution in [0.5, 0.6) is 0 Å². The number of carbonyl (C=O) groups excluding carboxylic acids is 3. The van der Waals surface area contributed by atoms with Gasteiger partial charge < -0.3 is 5.32 Å². The molecule has 6 nitrogen and oxygen atoms in total. The number of amides is 3. The molecule has 1 unspecified atom stereocenters. The summed E-state index contributed by atoms with van der Waals surface area (Å²) in [4.78, 5) is 44.1. The summed E-state index contributed by atoms with van der Waals surface area (Å²) in [5.41, 5.74) is 1.92. The molecule has 1 aliphatic carbocycles. The SMILES string of the molecule is Cc1nc(C(C)NC(=O)c2ccc3c(c2)C(=O)N(C2CCCCC2)C3=O)cs1. The molecular formula is C21H23N3O3S. The van der Waals surface area contributed by atoms with Crippen LogP contribution in [0.4, 0.5) is 0 Å². The van der Waals surface area contributed by atoms with Gasteiger partial charge in [0, 0.05) is 17.0 Å². The maximum Gasteiger partial charge on any atom is 0.261 e. The summed E-state index contributed by atoms with van der Waals surface area (Å²) in [6, 6.07) is 4.51. The molecule has 3 amide bonds. The average Bonchev–Trinajstić information content (AvgIpc) is 3.24. The van der Waals surface area contributed by atoms with E-state index in [-0.39, 0.29) is 29.8 Å². The molecule has 1 aromatic heterocycles. The van der Waals surface area contributed by atoms with Crippen molar-refractivity contribution in [1.29, 1.82) is 0 Å². The number of hydrogen-bond donors (Lipinski definition) is 1. The highest BCUT2D eigenvalue weighted by Crippen LogP contribution is 2.31. The predicted octanol–water partition coefficient (Wildman–Crippen LogP) is 3.87. The fourth-order valence-electron chi connectivity index (χ4n) is 4.00. The van der Waals surface area contributed by atoms with Crippen molar-refractivity contribution in [3.8, 4) is 0 Å². The van der Waals surface area contributed by atoms with Gasteiger partial charge in [0.05, 0.1) is 27.9 Å². The minimum atomic E-state index is -0.280. The fourth-order valence-corrected chi connectivity index (χ4v) is 4.71. The van der Waals surface area contributed by atoms with E-state index in [2.05, 4.69) is 10.3 Å². The maximum absolute atomic E-state index is 12.9. The number of nitrogens with zero attached hydrogens (tertiary/aromatic N) is 2. The summed E-state index contributed by atoms with van der Waals surface area (Å²) in [5.74, 6) is -0.785. The van der Waals surface area contributed by atoms with Gasteiger partial charge in [-0.3, -0.25) is 19.3 Å². The van der Waals surface area contributed by atoms with Crippen molar-refractivity contribution in [3.05, 3.63) is 51.0 Å². The van der Waals surface area contributed by atoms with E-state index in [1.54, 1.807) is 18.2 Å². The normalized spacial score (nSPS) is 18.3. The lowest BCUT2D eigenvalue weighted by molar-refractivity contribution is 0.0548. The van der Waals surface area contributed by atoms with Gasteiger partial charge in [-0.25, -0.2) is 4.98 Å². The Bertz CT molecular complexity index is 946. The van der Waals surface area contributed by atoms with Gasteiger partial charge in [-0.2, -0.15) is 0 Å². The number of nitrogens with one attached hydrogen (secondary N) is 1. The van der Waals surface area contributed by atoms with Crippen molar-refractivity contribution in [2.75, 3.05) is 0 Å². The number of imide groups is 1. The van der Waals surface area contributed by atoms with Gasteiger partial charge in [-0.05, 0) is 44.9 Å². The second kappa shape index (κ2) is 7.47. The number of hydrogen-bond acceptors (Lipinski definition) is 5. The predicted molar refractivity (Wildman–Crippen MR) is 107 cm³/mol. The Hall–Kier alpha value is -2.54. The number of fused-ring (bicyclic) bond motifs is 1. The fraction of sp³-hybridized carbons (Fsp3) is 0.429. The first-order valence-corrected chi connectivity index (χ1v) is 10.6. The molecule has 4 rings (SSSR count). The van der Waals surface area contributed by atoms with Gasteiger partial charge in [-0.15, -0.1) is 11.3 Å². The van der Waals surface area contributed by atoms with Gasteiger partial charge >= 0.3 is 0 Å². The lowest BCUT2D eigenvalue weighted by Crippen LogP contribution is -2.40. The summed E-state index contributed by atoms with van der Waals surface area (Å²) in [7, 11) is 0. The lowest BCUT2D eigenvalue weighted by atomic mass is 9.94. The molecule has 2 aliphatic rings. The zero-order valence-corrected chi connectivity index (χ0v) is 16.8. The van der Waals surface area contributed by atoms with E-state index in [4.69, 9.17) is 0 Å². The largest absolute Gasteiger partial charge is 0.344 e. The van der Waals surface area contributed by atoms with Crippen LogP contribution in [0.15, 0.2) is 23.6 Å². The minimum absolute atomic E-state index is 0.0219. The van der Waals surface area contributed by atoms with Crippen molar-refractivity contribution in [1.82, 2.24) is 15.2 Å². The van der Waals surface area contributed by atoms with Crippen LogP contribution < -0.4 is 5.32 Å². The van der Waals surface area contributed by atoms with Gasteiger partial charge in [-0.1, -0.05) is 19.3 Å². The highest BCUT2D eigenvalue weighted by molar-refractivity contribution is 7.09. The summed E-state index contributed by atoms with van der Waals surface area (Å²) in [6.07, 6.45) is 4.97. The second-order valence-corrected chi connectivity index (χ2v) is 8.58. The molecule has 1 saturated carbocycles. The maximum atomic E-state index is 12.9. The smallest absolute Gasteiger partial charge is 0.261 e. The van der Waals surface area contributed by atoms with Crippen LogP contribution in [0, 0.1) is 6.92 Å². The molecule has 2 heterocycles. The first-order valence-electron chi connectivity index (χ1n) is 9.70. The topological polar surface area (TPSA) is 79.4 Å². The van der Waals surface area contributed by atoms with E-state index in [9.17, 15) is 14.4 Å². The van der Waals surface area contributed by atoms with Crippen LogP contribution in [0.2, 0.25) is 0 Å². The lowest BCUT2D eigenvalue weighted by Gasteiger charge is -2.29. The molecule has 28 heavy (non-hydrogen) atoms. The van der Waals surface area contributed by atoms with E-state index in [0.29, 0.717) is 16.7 Å². The molecule has 1 atom stereocenters. The molecule has 1 N–H and O–H groups in total.